The van der Waals surface area contributed by atoms with Crippen molar-refractivity contribution in [2.24, 2.45) is 0 Å². The second-order valence-electron chi connectivity index (χ2n) is 4.85. The third-order valence-corrected chi connectivity index (χ3v) is 3.55. The molecule has 1 aliphatic heterocycles. The quantitative estimate of drug-likeness (QED) is 0.894. The van der Waals surface area contributed by atoms with Gasteiger partial charge in [0, 0.05) is 38.4 Å². The van der Waals surface area contributed by atoms with Gasteiger partial charge >= 0.3 is 0 Å². The molecule has 0 aliphatic carbocycles. The Morgan fingerprint density at radius 1 is 1.28 bits per heavy atom. The van der Waals surface area contributed by atoms with E-state index in [2.05, 4.69) is 44.9 Å². The molecule has 18 heavy (non-hydrogen) atoms. The highest BCUT2D eigenvalue weighted by molar-refractivity contribution is 5.79. The standard InChI is InChI=1S/C14H20N4/c1-2-7-18-11-16-13-10-12(3-4-14(13)18)17-8-5-15-6-9-17/h3-4,10-11,15H,2,5-9H2,1H3. The number of nitrogens with one attached hydrogen (secondary N) is 1. The first-order valence-corrected chi connectivity index (χ1v) is 6.79. The molecule has 1 fully saturated rings. The lowest BCUT2D eigenvalue weighted by Gasteiger charge is -2.29. The maximum Gasteiger partial charge on any atom is 0.0958 e. The predicted molar refractivity (Wildman–Crippen MR) is 75.1 cm³/mol. The van der Waals surface area contributed by atoms with E-state index in [1.807, 2.05) is 6.33 Å². The number of piperazine rings is 1. The number of hydrogen-bond acceptors (Lipinski definition) is 3. The van der Waals surface area contributed by atoms with Gasteiger partial charge in [0.15, 0.2) is 0 Å². The van der Waals surface area contributed by atoms with Gasteiger partial charge in [-0.1, -0.05) is 6.92 Å². The van der Waals surface area contributed by atoms with Gasteiger partial charge in [-0.25, -0.2) is 4.98 Å². The average Bonchev–Trinajstić information content (AvgIpc) is 2.83. The molecular formula is C14H20N4. The number of fused-ring (bicyclic) bond motifs is 1. The van der Waals surface area contributed by atoms with E-state index in [1.165, 1.54) is 11.2 Å². The lowest BCUT2D eigenvalue weighted by atomic mass is 10.2. The number of benzene rings is 1. The number of nitrogens with zero attached hydrogens (tertiary/aromatic N) is 3. The minimum absolute atomic E-state index is 1.05. The summed E-state index contributed by atoms with van der Waals surface area (Å²) in [6.07, 6.45) is 3.10. The maximum atomic E-state index is 4.51. The molecule has 0 atom stereocenters. The third kappa shape index (κ3) is 2.08. The van der Waals surface area contributed by atoms with Crippen molar-refractivity contribution in [2.45, 2.75) is 19.9 Å². The summed E-state index contributed by atoms with van der Waals surface area (Å²) in [7, 11) is 0. The summed E-state index contributed by atoms with van der Waals surface area (Å²) >= 11 is 0. The van der Waals surface area contributed by atoms with Gasteiger partial charge in [0.05, 0.1) is 17.4 Å². The molecule has 4 heteroatoms. The second kappa shape index (κ2) is 4.98. The third-order valence-electron chi connectivity index (χ3n) is 3.55. The first-order valence-electron chi connectivity index (χ1n) is 6.79. The molecule has 96 valence electrons. The predicted octanol–water partition coefficient (Wildman–Crippen LogP) is 1.86. The molecule has 2 heterocycles. The van der Waals surface area contributed by atoms with E-state index in [9.17, 15) is 0 Å². The Labute approximate surface area is 108 Å². The molecule has 3 rings (SSSR count). The van der Waals surface area contributed by atoms with E-state index in [0.717, 1.165) is 44.7 Å². The van der Waals surface area contributed by atoms with Crippen LogP contribution in [0.3, 0.4) is 0 Å². The molecule has 0 radical (unpaired) electrons. The molecule has 2 aromatic rings. The molecule has 0 unspecified atom stereocenters. The molecule has 0 saturated carbocycles. The zero-order chi connectivity index (χ0) is 12.4. The van der Waals surface area contributed by atoms with Crippen LogP contribution in [-0.2, 0) is 6.54 Å². The summed E-state index contributed by atoms with van der Waals surface area (Å²) in [5.41, 5.74) is 3.65. The Bertz CT molecular complexity index is 526. The van der Waals surface area contributed by atoms with E-state index in [0.29, 0.717) is 0 Å². The number of anilines is 1. The lowest BCUT2D eigenvalue weighted by Crippen LogP contribution is -2.43. The molecule has 1 N–H and O–H groups in total. The molecule has 0 bridgehead atoms. The van der Waals surface area contributed by atoms with Gasteiger partial charge in [-0.2, -0.15) is 0 Å². The van der Waals surface area contributed by atoms with Crippen LogP contribution in [0.5, 0.6) is 0 Å². The van der Waals surface area contributed by atoms with Gasteiger partial charge in [-0.15, -0.1) is 0 Å². The van der Waals surface area contributed by atoms with E-state index in [4.69, 9.17) is 0 Å². The lowest BCUT2D eigenvalue weighted by molar-refractivity contribution is 0.589. The summed E-state index contributed by atoms with van der Waals surface area (Å²) in [5, 5.41) is 3.38. The first-order chi connectivity index (χ1) is 8.88. The average molecular weight is 244 g/mol. The highest BCUT2D eigenvalue weighted by Gasteiger charge is 2.11. The van der Waals surface area contributed by atoms with Crippen LogP contribution in [0.2, 0.25) is 0 Å². The summed E-state index contributed by atoms with van der Waals surface area (Å²) in [4.78, 5) is 6.94. The fourth-order valence-electron chi connectivity index (χ4n) is 2.59. The molecule has 1 aromatic heterocycles. The molecule has 0 amide bonds. The van der Waals surface area contributed by atoms with E-state index < -0.39 is 0 Å². The summed E-state index contributed by atoms with van der Waals surface area (Å²) in [5.74, 6) is 0. The van der Waals surface area contributed by atoms with E-state index in [1.54, 1.807) is 0 Å². The van der Waals surface area contributed by atoms with E-state index >= 15 is 0 Å². The van der Waals surface area contributed by atoms with Gasteiger partial charge in [-0.05, 0) is 24.6 Å². The molecule has 1 aromatic carbocycles. The molecular weight excluding hydrogens is 224 g/mol. The number of rotatable bonds is 3. The first kappa shape index (κ1) is 11.5. The topological polar surface area (TPSA) is 33.1 Å². The summed E-state index contributed by atoms with van der Waals surface area (Å²) in [6, 6.07) is 6.64. The van der Waals surface area contributed by atoms with Gasteiger partial charge in [-0.3, -0.25) is 0 Å². The number of hydrogen-bond donors (Lipinski definition) is 1. The minimum atomic E-state index is 1.05. The maximum absolute atomic E-state index is 4.51. The van der Waals surface area contributed by atoms with Crippen molar-refractivity contribution in [1.82, 2.24) is 14.9 Å². The number of imidazole rings is 1. The molecule has 1 aliphatic rings. The summed E-state index contributed by atoms with van der Waals surface area (Å²) in [6.45, 7) is 7.55. The normalized spacial score (nSPS) is 16.4. The smallest absolute Gasteiger partial charge is 0.0958 e. The van der Waals surface area contributed by atoms with Crippen LogP contribution in [0.4, 0.5) is 5.69 Å². The second-order valence-corrected chi connectivity index (χ2v) is 4.85. The van der Waals surface area contributed by atoms with Crippen molar-refractivity contribution < 1.29 is 0 Å². The highest BCUT2D eigenvalue weighted by Crippen LogP contribution is 2.21. The zero-order valence-corrected chi connectivity index (χ0v) is 10.9. The van der Waals surface area contributed by atoms with Crippen molar-refractivity contribution in [3.05, 3.63) is 24.5 Å². The highest BCUT2D eigenvalue weighted by atomic mass is 15.2. The Balaban J connectivity index is 1.91. The van der Waals surface area contributed by atoms with Crippen LogP contribution < -0.4 is 10.2 Å². The van der Waals surface area contributed by atoms with Gasteiger partial charge in [0.1, 0.15) is 0 Å². The minimum Gasteiger partial charge on any atom is -0.369 e. The van der Waals surface area contributed by atoms with E-state index in [-0.39, 0.29) is 0 Å². The van der Waals surface area contributed by atoms with Crippen LogP contribution in [-0.4, -0.2) is 35.7 Å². The Kier molecular flexibility index (Phi) is 3.19. The van der Waals surface area contributed by atoms with Crippen molar-refractivity contribution in [2.75, 3.05) is 31.1 Å². The van der Waals surface area contributed by atoms with Gasteiger partial charge < -0.3 is 14.8 Å². The fraction of sp³-hybridized carbons (Fsp3) is 0.500. The van der Waals surface area contributed by atoms with Gasteiger partial charge in [0.2, 0.25) is 0 Å². The van der Waals surface area contributed by atoms with Crippen molar-refractivity contribution >= 4 is 16.7 Å². The number of aryl methyl sites for hydroxylation is 1. The molecule has 4 nitrogen and oxygen atoms in total. The number of aromatic nitrogens is 2. The zero-order valence-electron chi connectivity index (χ0n) is 10.9. The van der Waals surface area contributed by atoms with Crippen molar-refractivity contribution in [3.8, 4) is 0 Å². The van der Waals surface area contributed by atoms with Crippen molar-refractivity contribution in [3.63, 3.8) is 0 Å². The van der Waals surface area contributed by atoms with Crippen LogP contribution in [0.15, 0.2) is 24.5 Å². The largest absolute Gasteiger partial charge is 0.369 e. The van der Waals surface area contributed by atoms with Crippen LogP contribution in [0.25, 0.3) is 11.0 Å². The fourth-order valence-corrected chi connectivity index (χ4v) is 2.59. The SMILES string of the molecule is CCCn1cnc2cc(N3CCNCC3)ccc21. The van der Waals surface area contributed by atoms with Crippen LogP contribution >= 0.6 is 0 Å². The Morgan fingerprint density at radius 2 is 2.11 bits per heavy atom. The van der Waals surface area contributed by atoms with Crippen molar-refractivity contribution in [1.29, 1.82) is 0 Å². The van der Waals surface area contributed by atoms with Crippen LogP contribution in [0.1, 0.15) is 13.3 Å². The Hall–Kier alpha value is -1.55. The molecule has 0 spiro atoms. The summed E-state index contributed by atoms with van der Waals surface area (Å²) < 4.78 is 2.23. The molecule has 1 saturated heterocycles. The monoisotopic (exact) mass is 244 g/mol. The van der Waals surface area contributed by atoms with Crippen LogP contribution in [0, 0.1) is 0 Å². The Morgan fingerprint density at radius 3 is 2.89 bits per heavy atom. The van der Waals surface area contributed by atoms with Gasteiger partial charge in [0.25, 0.3) is 0 Å².